The van der Waals surface area contributed by atoms with Gasteiger partial charge in [-0.25, -0.2) is 0 Å². The molecule has 0 amide bonds. The summed E-state index contributed by atoms with van der Waals surface area (Å²) in [6, 6.07) is 8.18. The quantitative estimate of drug-likeness (QED) is 0.800. The third-order valence-corrected chi connectivity index (χ3v) is 2.43. The van der Waals surface area contributed by atoms with E-state index < -0.39 is 5.54 Å². The molecule has 3 heteroatoms. The number of ether oxygens (including phenoxy) is 1. The summed E-state index contributed by atoms with van der Waals surface area (Å²) in [5.74, 6) is 0.968. The molecule has 0 unspecified atom stereocenters. The first-order chi connectivity index (χ1) is 7.11. The average molecular weight is 202 g/mol. The Kier molecular flexibility index (Phi) is 2.28. The van der Waals surface area contributed by atoms with E-state index in [1.807, 2.05) is 26.0 Å². The van der Waals surface area contributed by atoms with Gasteiger partial charge in [0.2, 0.25) is 0 Å². The molecule has 1 aliphatic rings. The van der Waals surface area contributed by atoms with Crippen molar-refractivity contribution in [3.05, 3.63) is 23.8 Å². The standard InChI is InChI=1S/C12H14N2O/c1-12(2,8-13)14-10-3-4-11-9(7-10)5-6-15-11/h3-4,7,14H,5-6H2,1-2H3. The monoisotopic (exact) mass is 202 g/mol. The molecule has 0 saturated carbocycles. The van der Waals surface area contributed by atoms with Gasteiger partial charge in [-0.05, 0) is 37.6 Å². The van der Waals surface area contributed by atoms with Crippen molar-refractivity contribution in [1.82, 2.24) is 0 Å². The van der Waals surface area contributed by atoms with E-state index in [1.54, 1.807) is 0 Å². The molecule has 0 atom stereocenters. The van der Waals surface area contributed by atoms with Gasteiger partial charge in [0.1, 0.15) is 11.3 Å². The molecule has 78 valence electrons. The molecule has 3 nitrogen and oxygen atoms in total. The number of rotatable bonds is 2. The zero-order chi connectivity index (χ0) is 10.9. The summed E-state index contributed by atoms with van der Waals surface area (Å²) in [4.78, 5) is 0. The Hall–Kier alpha value is -1.69. The van der Waals surface area contributed by atoms with Gasteiger partial charge in [-0.2, -0.15) is 5.26 Å². The molecule has 0 fully saturated rings. The van der Waals surface area contributed by atoms with E-state index in [-0.39, 0.29) is 0 Å². The van der Waals surface area contributed by atoms with Gasteiger partial charge in [-0.15, -0.1) is 0 Å². The molecule has 1 heterocycles. The predicted octanol–water partition coefficient (Wildman–Crippen LogP) is 2.34. The molecular formula is C12H14N2O. The Balaban J connectivity index is 2.21. The van der Waals surface area contributed by atoms with Crippen LogP contribution in [-0.2, 0) is 6.42 Å². The van der Waals surface area contributed by atoms with Crippen LogP contribution in [-0.4, -0.2) is 12.1 Å². The molecule has 0 saturated heterocycles. The second kappa shape index (κ2) is 3.47. The summed E-state index contributed by atoms with van der Waals surface area (Å²) in [6.07, 6.45) is 0.956. The van der Waals surface area contributed by atoms with Crippen molar-refractivity contribution in [1.29, 1.82) is 5.26 Å². The Morgan fingerprint density at radius 3 is 3.00 bits per heavy atom. The second-order valence-electron chi connectivity index (χ2n) is 4.28. The summed E-state index contributed by atoms with van der Waals surface area (Å²) in [7, 11) is 0. The van der Waals surface area contributed by atoms with Crippen molar-refractivity contribution in [3.63, 3.8) is 0 Å². The van der Waals surface area contributed by atoms with E-state index >= 15 is 0 Å². The van der Waals surface area contributed by atoms with Gasteiger partial charge in [-0.1, -0.05) is 0 Å². The smallest absolute Gasteiger partial charge is 0.122 e. The van der Waals surface area contributed by atoms with Crippen LogP contribution in [0.5, 0.6) is 5.75 Å². The van der Waals surface area contributed by atoms with Crippen molar-refractivity contribution < 1.29 is 4.74 Å². The first-order valence-electron chi connectivity index (χ1n) is 5.06. The molecule has 0 bridgehead atoms. The van der Waals surface area contributed by atoms with E-state index in [2.05, 4.69) is 17.5 Å². The highest BCUT2D eigenvalue weighted by Crippen LogP contribution is 2.28. The number of benzene rings is 1. The lowest BCUT2D eigenvalue weighted by atomic mass is 10.1. The molecule has 1 aromatic rings. The van der Waals surface area contributed by atoms with Gasteiger partial charge in [-0.3, -0.25) is 0 Å². The first kappa shape index (κ1) is 9.85. The third kappa shape index (κ3) is 2.04. The molecule has 15 heavy (non-hydrogen) atoms. The normalized spacial score (nSPS) is 13.9. The molecule has 1 aromatic carbocycles. The fourth-order valence-electron chi connectivity index (χ4n) is 1.65. The topological polar surface area (TPSA) is 45.0 Å². The molecule has 0 spiro atoms. The molecule has 0 aliphatic carbocycles. The van der Waals surface area contributed by atoms with Crippen LogP contribution in [0.25, 0.3) is 0 Å². The van der Waals surface area contributed by atoms with Crippen LogP contribution >= 0.6 is 0 Å². The van der Waals surface area contributed by atoms with Gasteiger partial charge in [0.25, 0.3) is 0 Å². The van der Waals surface area contributed by atoms with Crippen LogP contribution < -0.4 is 10.1 Å². The van der Waals surface area contributed by atoms with Crippen molar-refractivity contribution in [2.45, 2.75) is 25.8 Å². The highest BCUT2D eigenvalue weighted by atomic mass is 16.5. The lowest BCUT2D eigenvalue weighted by Crippen LogP contribution is -2.28. The molecule has 1 N–H and O–H groups in total. The minimum Gasteiger partial charge on any atom is -0.493 e. The average Bonchev–Trinajstić information content (AvgIpc) is 2.64. The highest BCUT2D eigenvalue weighted by molar-refractivity contribution is 5.54. The second-order valence-corrected chi connectivity index (χ2v) is 4.28. The molecular weight excluding hydrogens is 188 g/mol. The van der Waals surface area contributed by atoms with Gasteiger partial charge >= 0.3 is 0 Å². The fraction of sp³-hybridized carbons (Fsp3) is 0.417. The summed E-state index contributed by atoms with van der Waals surface area (Å²) < 4.78 is 5.42. The highest BCUT2D eigenvalue weighted by Gasteiger charge is 2.17. The Morgan fingerprint density at radius 1 is 1.47 bits per heavy atom. The first-order valence-corrected chi connectivity index (χ1v) is 5.06. The molecule has 2 rings (SSSR count). The van der Waals surface area contributed by atoms with E-state index in [0.717, 1.165) is 24.5 Å². The van der Waals surface area contributed by atoms with Crippen molar-refractivity contribution in [3.8, 4) is 11.8 Å². The summed E-state index contributed by atoms with van der Waals surface area (Å²) >= 11 is 0. The number of fused-ring (bicyclic) bond motifs is 1. The maximum Gasteiger partial charge on any atom is 0.122 e. The van der Waals surface area contributed by atoms with Gasteiger partial charge < -0.3 is 10.1 Å². The van der Waals surface area contributed by atoms with Crippen LogP contribution in [0, 0.1) is 11.3 Å². The maximum absolute atomic E-state index is 8.91. The van der Waals surface area contributed by atoms with Crippen LogP contribution in [0.2, 0.25) is 0 Å². The number of anilines is 1. The predicted molar refractivity (Wildman–Crippen MR) is 59.0 cm³/mol. The van der Waals surface area contributed by atoms with Crippen molar-refractivity contribution in [2.75, 3.05) is 11.9 Å². The van der Waals surface area contributed by atoms with Gasteiger partial charge in [0, 0.05) is 12.1 Å². The molecule has 0 radical (unpaired) electrons. The zero-order valence-corrected chi connectivity index (χ0v) is 9.00. The Morgan fingerprint density at radius 2 is 2.27 bits per heavy atom. The molecule has 1 aliphatic heterocycles. The number of hydrogen-bond acceptors (Lipinski definition) is 3. The number of nitriles is 1. The summed E-state index contributed by atoms with van der Waals surface area (Å²) in [6.45, 7) is 4.48. The number of hydrogen-bond donors (Lipinski definition) is 1. The van der Waals surface area contributed by atoms with Gasteiger partial charge in [0.15, 0.2) is 0 Å². The SMILES string of the molecule is CC(C)(C#N)Nc1ccc2c(c1)CCO2. The van der Waals surface area contributed by atoms with Crippen LogP contribution in [0.3, 0.4) is 0 Å². The number of nitrogens with zero attached hydrogens (tertiary/aromatic N) is 1. The van der Waals surface area contributed by atoms with E-state index in [4.69, 9.17) is 10.00 Å². The summed E-state index contributed by atoms with van der Waals surface area (Å²) in [5, 5.41) is 12.1. The van der Waals surface area contributed by atoms with Crippen molar-refractivity contribution >= 4 is 5.69 Å². The zero-order valence-electron chi connectivity index (χ0n) is 9.00. The minimum absolute atomic E-state index is 0.534. The Labute approximate surface area is 89.7 Å². The molecule has 0 aromatic heterocycles. The van der Waals surface area contributed by atoms with Gasteiger partial charge in [0.05, 0.1) is 12.7 Å². The summed E-state index contributed by atoms with van der Waals surface area (Å²) in [5.41, 5.74) is 1.66. The Bertz CT molecular complexity index is 418. The third-order valence-electron chi connectivity index (χ3n) is 2.43. The lowest BCUT2D eigenvalue weighted by Gasteiger charge is -2.19. The van der Waals surface area contributed by atoms with Crippen LogP contribution in [0.15, 0.2) is 18.2 Å². The largest absolute Gasteiger partial charge is 0.493 e. The van der Waals surface area contributed by atoms with E-state index in [9.17, 15) is 0 Å². The van der Waals surface area contributed by atoms with E-state index in [0.29, 0.717) is 0 Å². The van der Waals surface area contributed by atoms with Crippen LogP contribution in [0.1, 0.15) is 19.4 Å². The van der Waals surface area contributed by atoms with Crippen molar-refractivity contribution in [2.24, 2.45) is 0 Å². The fourth-order valence-corrected chi connectivity index (χ4v) is 1.65. The van der Waals surface area contributed by atoms with Crippen LogP contribution in [0.4, 0.5) is 5.69 Å². The lowest BCUT2D eigenvalue weighted by molar-refractivity contribution is 0.357. The maximum atomic E-state index is 8.91. The number of nitrogens with one attached hydrogen (secondary N) is 1. The van der Waals surface area contributed by atoms with E-state index in [1.165, 1.54) is 5.56 Å². The minimum atomic E-state index is -0.534.